The van der Waals surface area contributed by atoms with Gasteiger partial charge >= 0.3 is 6.09 Å². The number of piperidine rings is 1. The first-order chi connectivity index (χ1) is 15.1. The zero-order chi connectivity index (χ0) is 23.0. The van der Waals surface area contributed by atoms with Crippen LogP contribution >= 0.6 is 11.3 Å². The van der Waals surface area contributed by atoms with Crippen LogP contribution in [0.2, 0.25) is 0 Å². The number of hydrogen-bond donors (Lipinski definition) is 0. The minimum absolute atomic E-state index is 0.114. The maximum absolute atomic E-state index is 12.1. The van der Waals surface area contributed by atoms with E-state index in [0.29, 0.717) is 13.1 Å². The Hall–Kier alpha value is -2.66. The normalized spacial score (nSPS) is 15.5. The van der Waals surface area contributed by atoms with E-state index in [4.69, 9.17) is 4.74 Å². The van der Waals surface area contributed by atoms with Crippen molar-refractivity contribution < 1.29 is 17.9 Å². The van der Waals surface area contributed by atoms with Crippen LogP contribution < -0.4 is 4.90 Å². The summed E-state index contributed by atoms with van der Waals surface area (Å²) in [6, 6.07) is 6.99. The summed E-state index contributed by atoms with van der Waals surface area (Å²) in [5.41, 5.74) is 1.58. The number of likely N-dealkylation sites (tertiary alicyclic amines) is 1. The van der Waals surface area contributed by atoms with Gasteiger partial charge in [0.05, 0.1) is 22.9 Å². The van der Waals surface area contributed by atoms with E-state index in [0.717, 1.165) is 34.2 Å². The number of carbonyl (C=O) groups excluding carboxylic acids is 1. The fourth-order valence-electron chi connectivity index (χ4n) is 3.71. The molecule has 1 aliphatic rings. The van der Waals surface area contributed by atoms with E-state index in [9.17, 15) is 13.2 Å². The number of ether oxygens (including phenoxy) is 1. The molecular weight excluding hydrogens is 450 g/mol. The van der Waals surface area contributed by atoms with Crippen molar-refractivity contribution in [2.75, 3.05) is 31.3 Å². The lowest BCUT2D eigenvalue weighted by molar-refractivity contribution is 0.0692. The molecule has 2 aromatic heterocycles. The minimum Gasteiger partial charge on any atom is -0.447 e. The molecule has 0 saturated carbocycles. The molecule has 4 rings (SSSR count). The van der Waals surface area contributed by atoms with Gasteiger partial charge in [-0.25, -0.2) is 22.7 Å². The van der Waals surface area contributed by atoms with Crippen molar-refractivity contribution in [1.82, 2.24) is 19.5 Å². The Morgan fingerprint density at radius 2 is 1.88 bits per heavy atom. The number of nitrogens with zero attached hydrogens (tertiary/aromatic N) is 5. The highest BCUT2D eigenvalue weighted by molar-refractivity contribution is 7.90. The van der Waals surface area contributed by atoms with E-state index in [1.165, 1.54) is 17.6 Å². The van der Waals surface area contributed by atoms with Crippen LogP contribution in [0, 0.1) is 0 Å². The number of fused-ring (bicyclic) bond motifs is 1. The van der Waals surface area contributed by atoms with Crippen molar-refractivity contribution in [2.45, 2.75) is 43.7 Å². The molecule has 1 aromatic carbocycles. The van der Waals surface area contributed by atoms with Gasteiger partial charge in [-0.3, -0.25) is 0 Å². The van der Waals surface area contributed by atoms with Crippen LogP contribution in [0.5, 0.6) is 0 Å². The first-order valence-corrected chi connectivity index (χ1v) is 13.2. The summed E-state index contributed by atoms with van der Waals surface area (Å²) >= 11 is 1.50. The van der Waals surface area contributed by atoms with Gasteiger partial charge in [-0.2, -0.15) is 0 Å². The first kappa shape index (κ1) is 22.5. The average molecular weight is 478 g/mol. The van der Waals surface area contributed by atoms with Crippen LogP contribution in [0.1, 0.15) is 26.7 Å². The lowest BCUT2D eigenvalue weighted by Crippen LogP contribution is -2.46. The SMILES string of the molecule is CC(C)OC(=O)N1CCC(N(C)c2nn3cc(-c4ccc(S(C)(=O)=O)cc4)nc3s2)CC1. The second-order valence-corrected chi connectivity index (χ2v) is 11.2. The summed E-state index contributed by atoms with van der Waals surface area (Å²) in [6.45, 7) is 5.04. The predicted molar refractivity (Wildman–Crippen MR) is 124 cm³/mol. The number of anilines is 1. The van der Waals surface area contributed by atoms with Crippen molar-refractivity contribution in [3.05, 3.63) is 30.5 Å². The van der Waals surface area contributed by atoms with Crippen molar-refractivity contribution in [2.24, 2.45) is 0 Å². The fourth-order valence-corrected chi connectivity index (χ4v) is 5.26. The standard InChI is InChI=1S/C21H27N5O4S2/c1-14(2)30-21(27)25-11-9-16(10-12-25)24(3)20-23-26-13-18(22-19(26)31-20)15-5-7-17(8-6-15)32(4,28)29/h5-8,13-14,16H,9-12H2,1-4H3. The topological polar surface area (TPSA) is 97.1 Å². The summed E-state index contributed by atoms with van der Waals surface area (Å²) in [5.74, 6) is 0. The Bertz CT molecular complexity index is 1180. The predicted octanol–water partition coefficient (Wildman–Crippen LogP) is 3.31. The highest BCUT2D eigenvalue weighted by atomic mass is 32.2. The molecule has 1 saturated heterocycles. The van der Waals surface area contributed by atoms with Crippen LogP contribution in [0.4, 0.5) is 9.93 Å². The van der Waals surface area contributed by atoms with E-state index in [1.807, 2.05) is 27.1 Å². The number of hydrogen-bond acceptors (Lipinski definition) is 8. The summed E-state index contributed by atoms with van der Waals surface area (Å²) in [7, 11) is -1.20. The summed E-state index contributed by atoms with van der Waals surface area (Å²) in [4.78, 5) is 21.7. The smallest absolute Gasteiger partial charge is 0.410 e. The maximum atomic E-state index is 12.1. The monoisotopic (exact) mass is 477 g/mol. The molecule has 0 radical (unpaired) electrons. The molecule has 0 aliphatic carbocycles. The van der Waals surface area contributed by atoms with Crippen LogP contribution in [0.3, 0.4) is 0 Å². The molecule has 9 nitrogen and oxygen atoms in total. The second kappa shape index (κ2) is 8.70. The molecule has 0 atom stereocenters. The van der Waals surface area contributed by atoms with Crippen molar-refractivity contribution in [3.63, 3.8) is 0 Å². The highest BCUT2D eigenvalue weighted by Gasteiger charge is 2.28. The number of imidazole rings is 1. The van der Waals surface area contributed by atoms with Crippen LogP contribution in [0.25, 0.3) is 16.2 Å². The van der Waals surface area contributed by atoms with E-state index < -0.39 is 9.84 Å². The van der Waals surface area contributed by atoms with Crippen LogP contribution in [-0.2, 0) is 14.6 Å². The molecule has 0 spiro atoms. The maximum Gasteiger partial charge on any atom is 0.410 e. The van der Waals surface area contributed by atoms with E-state index in [2.05, 4.69) is 15.0 Å². The van der Waals surface area contributed by atoms with Gasteiger partial charge in [-0.05, 0) is 38.8 Å². The molecule has 3 aromatic rings. The van der Waals surface area contributed by atoms with Gasteiger partial charge in [-0.15, -0.1) is 5.10 Å². The van der Waals surface area contributed by atoms with Gasteiger partial charge in [0.2, 0.25) is 10.1 Å². The number of carbonyl (C=O) groups is 1. The van der Waals surface area contributed by atoms with Gasteiger partial charge in [0.1, 0.15) is 0 Å². The Balaban J connectivity index is 1.43. The van der Waals surface area contributed by atoms with Crippen LogP contribution in [-0.4, -0.2) is 72.5 Å². The quantitative estimate of drug-likeness (QED) is 0.556. The summed E-state index contributed by atoms with van der Waals surface area (Å²) in [5, 5.41) is 5.55. The second-order valence-electron chi connectivity index (χ2n) is 8.30. The van der Waals surface area contributed by atoms with Crippen molar-refractivity contribution in [3.8, 4) is 11.3 Å². The molecule has 1 fully saturated rings. The average Bonchev–Trinajstić information content (AvgIpc) is 3.32. The summed E-state index contributed by atoms with van der Waals surface area (Å²) in [6.07, 6.45) is 4.39. The molecule has 0 N–H and O–H groups in total. The van der Waals surface area contributed by atoms with E-state index >= 15 is 0 Å². The van der Waals surface area contributed by atoms with Crippen molar-refractivity contribution in [1.29, 1.82) is 0 Å². The van der Waals surface area contributed by atoms with E-state index in [1.54, 1.807) is 33.7 Å². The fraction of sp³-hybridized carbons (Fsp3) is 0.476. The molecule has 11 heteroatoms. The Morgan fingerprint density at radius 1 is 1.22 bits per heavy atom. The number of sulfone groups is 1. The third kappa shape index (κ3) is 4.73. The minimum atomic E-state index is -3.23. The van der Waals surface area contributed by atoms with Gasteiger partial charge in [0.15, 0.2) is 9.84 Å². The lowest BCUT2D eigenvalue weighted by atomic mass is 10.0. The van der Waals surface area contributed by atoms with Gasteiger partial charge in [0.25, 0.3) is 0 Å². The number of aromatic nitrogens is 3. The third-order valence-electron chi connectivity index (χ3n) is 5.52. The Morgan fingerprint density at radius 3 is 2.44 bits per heavy atom. The lowest BCUT2D eigenvalue weighted by Gasteiger charge is -2.36. The van der Waals surface area contributed by atoms with Gasteiger partial charge in [-0.1, -0.05) is 23.5 Å². The first-order valence-electron chi connectivity index (χ1n) is 10.5. The van der Waals surface area contributed by atoms with Crippen molar-refractivity contribution >= 4 is 37.4 Å². The number of amides is 1. The molecule has 3 heterocycles. The van der Waals surface area contributed by atoms with E-state index in [-0.39, 0.29) is 23.1 Å². The zero-order valence-electron chi connectivity index (χ0n) is 18.6. The molecule has 32 heavy (non-hydrogen) atoms. The van der Waals surface area contributed by atoms with Gasteiger partial charge < -0.3 is 14.5 Å². The Kier molecular flexibility index (Phi) is 6.13. The number of benzene rings is 1. The third-order valence-corrected chi connectivity index (χ3v) is 7.66. The molecule has 172 valence electrons. The largest absolute Gasteiger partial charge is 0.447 e. The molecule has 1 amide bonds. The molecular formula is C21H27N5O4S2. The Labute approximate surface area is 191 Å². The molecule has 0 bridgehead atoms. The van der Waals surface area contributed by atoms with Gasteiger partial charge in [0, 0.05) is 38.0 Å². The number of rotatable bonds is 5. The molecule has 0 unspecified atom stereocenters. The zero-order valence-corrected chi connectivity index (χ0v) is 20.2. The molecule has 1 aliphatic heterocycles. The highest BCUT2D eigenvalue weighted by Crippen LogP contribution is 2.29. The summed E-state index contributed by atoms with van der Waals surface area (Å²) < 4.78 is 30.3. The van der Waals surface area contributed by atoms with Crippen LogP contribution in [0.15, 0.2) is 35.4 Å².